The highest BCUT2D eigenvalue weighted by Gasteiger charge is 2.30. The number of ether oxygens (including phenoxy) is 1. The number of rotatable bonds is 6. The molecule has 6 heteroatoms. The number of hydrogen-bond donors (Lipinski definition) is 3. The van der Waals surface area contributed by atoms with E-state index >= 15 is 0 Å². The van der Waals surface area contributed by atoms with E-state index < -0.39 is 5.54 Å². The second-order valence-corrected chi connectivity index (χ2v) is 6.94. The molecule has 0 spiro atoms. The fourth-order valence-corrected chi connectivity index (χ4v) is 3.05. The summed E-state index contributed by atoms with van der Waals surface area (Å²) < 4.78 is 5.39. The molecule has 1 heterocycles. The minimum atomic E-state index is -1.12. The van der Waals surface area contributed by atoms with Gasteiger partial charge in [0.2, 0.25) is 5.91 Å². The second-order valence-electron chi connectivity index (χ2n) is 6.94. The molecule has 1 aliphatic rings. The summed E-state index contributed by atoms with van der Waals surface area (Å²) in [5.41, 5.74) is 7.41. The van der Waals surface area contributed by atoms with Crippen LogP contribution in [0.25, 0.3) is 0 Å². The lowest BCUT2D eigenvalue weighted by Gasteiger charge is -2.24. The molecule has 142 valence electrons. The van der Waals surface area contributed by atoms with Crippen molar-refractivity contribution in [3.8, 4) is 0 Å². The van der Waals surface area contributed by atoms with Crippen LogP contribution in [0.2, 0.25) is 0 Å². The third-order valence-corrected chi connectivity index (χ3v) is 4.71. The number of carbonyl (C=O) groups excluding carboxylic acids is 2. The molecule has 0 radical (unpaired) electrons. The zero-order valence-corrected chi connectivity index (χ0v) is 15.4. The fraction of sp³-hybridized carbons (Fsp3) is 0.333. The molecule has 0 bridgehead atoms. The molecule has 2 aromatic rings. The summed E-state index contributed by atoms with van der Waals surface area (Å²) in [6.45, 7) is 2.64. The number of nitrogens with two attached hydrogens (primary N) is 1. The second kappa shape index (κ2) is 8.33. The van der Waals surface area contributed by atoms with Crippen molar-refractivity contribution in [2.75, 3.05) is 11.9 Å². The van der Waals surface area contributed by atoms with Gasteiger partial charge in [0.25, 0.3) is 5.91 Å². The van der Waals surface area contributed by atoms with Crippen LogP contribution in [0.15, 0.2) is 54.6 Å². The largest absolute Gasteiger partial charge is 0.368 e. The quantitative estimate of drug-likeness (QED) is 0.730. The Morgan fingerprint density at radius 3 is 2.67 bits per heavy atom. The molecule has 1 fully saturated rings. The number of hydrogen-bond acceptors (Lipinski definition) is 4. The summed E-state index contributed by atoms with van der Waals surface area (Å²) >= 11 is 0. The average Bonchev–Trinajstić information content (AvgIpc) is 3.22. The number of benzene rings is 2. The average molecular weight is 367 g/mol. The summed E-state index contributed by atoms with van der Waals surface area (Å²) in [5, 5.41) is 5.74. The van der Waals surface area contributed by atoms with Gasteiger partial charge in [-0.2, -0.15) is 0 Å². The Balaban J connectivity index is 1.59. The molecular formula is C21H25N3O3. The first-order chi connectivity index (χ1) is 13.0. The molecule has 2 atom stereocenters. The molecule has 0 aromatic heterocycles. The maximum absolute atomic E-state index is 12.6. The highest BCUT2D eigenvalue weighted by molar-refractivity contribution is 5.94. The maximum atomic E-state index is 12.6. The maximum Gasteiger partial charge on any atom is 0.253 e. The molecule has 0 aliphatic carbocycles. The first-order valence-electron chi connectivity index (χ1n) is 9.11. The Kier molecular flexibility index (Phi) is 5.88. The van der Waals surface area contributed by atoms with Crippen molar-refractivity contribution in [3.63, 3.8) is 0 Å². The van der Waals surface area contributed by atoms with E-state index in [-0.39, 0.29) is 17.9 Å². The molecule has 1 saturated heterocycles. The zero-order chi connectivity index (χ0) is 19.3. The van der Waals surface area contributed by atoms with Gasteiger partial charge in [-0.25, -0.2) is 0 Å². The SMILES string of the molecule is CC(N)(C(=O)NCc1cccc(NC(=O)C2CCCO2)c1)c1ccccc1. The Hall–Kier alpha value is -2.70. The topological polar surface area (TPSA) is 93.5 Å². The van der Waals surface area contributed by atoms with Gasteiger partial charge in [0.15, 0.2) is 0 Å². The molecule has 1 aliphatic heterocycles. The van der Waals surface area contributed by atoms with Crippen LogP contribution in [0.1, 0.15) is 30.9 Å². The molecule has 2 aromatic carbocycles. The summed E-state index contributed by atoms with van der Waals surface area (Å²) in [7, 11) is 0. The standard InChI is InChI=1S/C21H25N3O3/c1-21(22,16-8-3-2-4-9-16)20(26)23-14-15-7-5-10-17(13-15)24-19(25)18-11-6-12-27-18/h2-5,7-10,13,18H,6,11-12,14,22H2,1H3,(H,23,26)(H,24,25). The molecule has 4 N–H and O–H groups in total. The summed E-state index contributed by atoms with van der Waals surface area (Å²) in [5.74, 6) is -0.394. The van der Waals surface area contributed by atoms with Gasteiger partial charge in [0.05, 0.1) is 0 Å². The highest BCUT2D eigenvalue weighted by Crippen LogP contribution is 2.19. The predicted molar refractivity (Wildman–Crippen MR) is 104 cm³/mol. The van der Waals surface area contributed by atoms with Crippen molar-refractivity contribution in [1.82, 2.24) is 5.32 Å². The van der Waals surface area contributed by atoms with Crippen LogP contribution in [0, 0.1) is 0 Å². The molecule has 3 rings (SSSR count). The predicted octanol–water partition coefficient (Wildman–Crippen LogP) is 2.29. The van der Waals surface area contributed by atoms with Crippen LogP contribution in [0.4, 0.5) is 5.69 Å². The Labute approximate surface area is 159 Å². The number of nitrogens with one attached hydrogen (secondary N) is 2. The minimum absolute atomic E-state index is 0.132. The van der Waals surface area contributed by atoms with Crippen molar-refractivity contribution in [2.45, 2.75) is 38.0 Å². The van der Waals surface area contributed by atoms with Crippen LogP contribution in [-0.4, -0.2) is 24.5 Å². The van der Waals surface area contributed by atoms with Crippen molar-refractivity contribution in [1.29, 1.82) is 0 Å². The van der Waals surface area contributed by atoms with Gasteiger partial charge in [-0.1, -0.05) is 42.5 Å². The number of carbonyl (C=O) groups is 2. The van der Waals surface area contributed by atoms with Crippen molar-refractivity contribution in [3.05, 3.63) is 65.7 Å². The Bertz CT molecular complexity index is 799. The summed E-state index contributed by atoms with van der Waals surface area (Å²) in [6, 6.07) is 16.6. The minimum Gasteiger partial charge on any atom is -0.368 e. The highest BCUT2D eigenvalue weighted by atomic mass is 16.5. The van der Waals surface area contributed by atoms with Crippen LogP contribution in [0.5, 0.6) is 0 Å². The molecular weight excluding hydrogens is 342 g/mol. The third kappa shape index (κ3) is 4.72. The Morgan fingerprint density at radius 2 is 1.96 bits per heavy atom. The van der Waals surface area contributed by atoms with Gasteiger partial charge in [-0.3, -0.25) is 9.59 Å². The van der Waals surface area contributed by atoms with Crippen molar-refractivity contribution < 1.29 is 14.3 Å². The molecule has 2 amide bonds. The van der Waals surface area contributed by atoms with Crippen LogP contribution in [-0.2, 0) is 26.4 Å². The lowest BCUT2D eigenvalue weighted by molar-refractivity contribution is -0.126. The molecule has 6 nitrogen and oxygen atoms in total. The van der Waals surface area contributed by atoms with E-state index in [0.717, 1.165) is 24.0 Å². The van der Waals surface area contributed by atoms with Crippen molar-refractivity contribution in [2.24, 2.45) is 5.73 Å². The fourth-order valence-electron chi connectivity index (χ4n) is 3.05. The van der Waals surface area contributed by atoms with Gasteiger partial charge in [-0.05, 0) is 43.0 Å². The van der Waals surface area contributed by atoms with E-state index in [2.05, 4.69) is 10.6 Å². The first-order valence-corrected chi connectivity index (χ1v) is 9.11. The van der Waals surface area contributed by atoms with Gasteiger partial charge in [-0.15, -0.1) is 0 Å². The zero-order valence-electron chi connectivity index (χ0n) is 15.4. The van der Waals surface area contributed by atoms with Gasteiger partial charge >= 0.3 is 0 Å². The first kappa shape index (κ1) is 19.1. The van der Waals surface area contributed by atoms with Crippen LogP contribution < -0.4 is 16.4 Å². The van der Waals surface area contributed by atoms with E-state index in [4.69, 9.17) is 10.5 Å². The van der Waals surface area contributed by atoms with E-state index in [1.807, 2.05) is 54.6 Å². The van der Waals surface area contributed by atoms with Crippen LogP contribution >= 0.6 is 0 Å². The van der Waals surface area contributed by atoms with E-state index in [0.29, 0.717) is 18.8 Å². The van der Waals surface area contributed by atoms with Gasteiger partial charge < -0.3 is 21.1 Å². The monoisotopic (exact) mass is 367 g/mol. The summed E-state index contributed by atoms with van der Waals surface area (Å²) in [6.07, 6.45) is 1.27. The van der Waals surface area contributed by atoms with E-state index in [1.54, 1.807) is 6.92 Å². The smallest absolute Gasteiger partial charge is 0.253 e. The Morgan fingerprint density at radius 1 is 1.19 bits per heavy atom. The number of anilines is 1. The normalized spacial score (nSPS) is 18.5. The molecule has 2 unspecified atom stereocenters. The lowest BCUT2D eigenvalue weighted by Crippen LogP contribution is -2.48. The van der Waals surface area contributed by atoms with E-state index in [9.17, 15) is 9.59 Å². The number of amides is 2. The third-order valence-electron chi connectivity index (χ3n) is 4.71. The summed E-state index contributed by atoms with van der Waals surface area (Å²) in [4.78, 5) is 24.7. The van der Waals surface area contributed by atoms with Crippen LogP contribution in [0.3, 0.4) is 0 Å². The van der Waals surface area contributed by atoms with Gasteiger partial charge in [0.1, 0.15) is 11.6 Å². The van der Waals surface area contributed by atoms with Gasteiger partial charge in [0, 0.05) is 18.8 Å². The molecule has 27 heavy (non-hydrogen) atoms. The van der Waals surface area contributed by atoms with Crippen molar-refractivity contribution >= 4 is 17.5 Å². The lowest BCUT2D eigenvalue weighted by atomic mass is 9.92. The van der Waals surface area contributed by atoms with E-state index in [1.165, 1.54) is 0 Å². The molecule has 0 saturated carbocycles.